The Hall–Kier alpha value is -2.01. The maximum atomic E-state index is 11.7. The summed E-state index contributed by atoms with van der Waals surface area (Å²) in [6.45, 7) is 3.63. The molecule has 2 aromatic rings. The Morgan fingerprint density at radius 2 is 2.06 bits per heavy atom. The molecule has 0 atom stereocenters. The normalized spacial score (nSPS) is 10.7. The molecule has 2 rings (SSSR count). The Labute approximate surface area is 104 Å². The number of ether oxygens (including phenoxy) is 1. The average Bonchev–Trinajstić information content (AvgIpc) is 2.36. The molecule has 0 unspecified atom stereocenters. The van der Waals surface area contributed by atoms with E-state index in [4.69, 9.17) is 4.74 Å². The Kier molecular flexibility index (Phi) is 3.25. The van der Waals surface area contributed by atoms with Crippen molar-refractivity contribution in [2.24, 2.45) is 0 Å². The van der Waals surface area contributed by atoms with Crippen molar-refractivity contribution in [1.29, 1.82) is 0 Å². The number of fused-ring (bicyclic) bond motifs is 1. The molecule has 0 fully saturated rings. The van der Waals surface area contributed by atoms with E-state index in [0.717, 1.165) is 16.5 Å². The first-order chi connectivity index (χ1) is 8.58. The zero-order valence-corrected chi connectivity index (χ0v) is 10.5. The molecule has 1 N–H and O–H groups in total. The van der Waals surface area contributed by atoms with E-state index in [-0.39, 0.29) is 12.3 Å². The fraction of sp³-hybridized carbons (Fsp3) is 0.308. The molecule has 5 nitrogen and oxygen atoms in total. The van der Waals surface area contributed by atoms with Crippen molar-refractivity contribution in [3.05, 3.63) is 34.6 Å². The van der Waals surface area contributed by atoms with E-state index >= 15 is 0 Å². The molecule has 0 aliphatic rings. The van der Waals surface area contributed by atoms with E-state index in [0.29, 0.717) is 11.1 Å². The number of carbonyl (C=O) groups excluding carboxylic acids is 1. The van der Waals surface area contributed by atoms with Gasteiger partial charge in [-0.1, -0.05) is 11.6 Å². The predicted molar refractivity (Wildman–Crippen MR) is 66.3 cm³/mol. The van der Waals surface area contributed by atoms with Crippen LogP contribution in [0.15, 0.2) is 12.1 Å². The molecule has 5 heteroatoms. The van der Waals surface area contributed by atoms with E-state index in [1.807, 2.05) is 26.0 Å². The molecule has 0 amide bonds. The van der Waals surface area contributed by atoms with Gasteiger partial charge < -0.3 is 9.84 Å². The van der Waals surface area contributed by atoms with Crippen molar-refractivity contribution < 1.29 is 14.6 Å². The molecule has 94 valence electrons. The number of aliphatic hydroxyl groups is 1. The summed E-state index contributed by atoms with van der Waals surface area (Å²) in [5.41, 5.74) is 2.60. The van der Waals surface area contributed by atoms with Crippen molar-refractivity contribution in [2.45, 2.75) is 20.5 Å². The number of benzene rings is 1. The first kappa shape index (κ1) is 12.4. The number of carbonyl (C=O) groups is 1. The third-order valence-electron chi connectivity index (χ3n) is 2.83. The zero-order chi connectivity index (χ0) is 13.3. The van der Waals surface area contributed by atoms with Gasteiger partial charge >= 0.3 is 5.97 Å². The predicted octanol–water partition coefficient (Wildman–Crippen LogP) is 1.53. The molecule has 0 saturated carbocycles. The molecule has 0 aliphatic heterocycles. The van der Waals surface area contributed by atoms with Gasteiger partial charge in [-0.3, -0.25) is 0 Å². The minimum atomic E-state index is -0.524. The second-order valence-corrected chi connectivity index (χ2v) is 4.15. The monoisotopic (exact) mass is 246 g/mol. The number of nitrogens with zero attached hydrogens (tertiary/aromatic N) is 2. The van der Waals surface area contributed by atoms with Gasteiger partial charge in [0.05, 0.1) is 19.4 Å². The van der Waals surface area contributed by atoms with E-state index in [2.05, 4.69) is 10.2 Å². The average molecular weight is 246 g/mol. The lowest BCUT2D eigenvalue weighted by Crippen LogP contribution is -2.09. The second-order valence-electron chi connectivity index (χ2n) is 4.15. The Morgan fingerprint density at radius 1 is 1.33 bits per heavy atom. The van der Waals surface area contributed by atoms with Gasteiger partial charge in [-0.2, -0.15) is 5.10 Å². The Balaban J connectivity index is 2.88. The smallest absolute Gasteiger partial charge is 0.359 e. The Bertz CT molecular complexity index is 623. The molecule has 1 aromatic heterocycles. The van der Waals surface area contributed by atoms with Crippen LogP contribution >= 0.6 is 0 Å². The summed E-state index contributed by atoms with van der Waals surface area (Å²) >= 11 is 0. The lowest BCUT2D eigenvalue weighted by atomic mass is 10.0. The van der Waals surface area contributed by atoms with Gasteiger partial charge in [0.25, 0.3) is 0 Å². The molecule has 0 aliphatic carbocycles. The molecule has 0 spiro atoms. The topological polar surface area (TPSA) is 72.3 Å². The second kappa shape index (κ2) is 4.70. The number of aryl methyl sites for hydroxylation is 2. The summed E-state index contributed by atoms with van der Waals surface area (Å²) in [6.07, 6.45) is 0. The third-order valence-corrected chi connectivity index (χ3v) is 2.83. The van der Waals surface area contributed by atoms with Gasteiger partial charge in [-0.25, -0.2) is 4.79 Å². The molecule has 0 bridgehead atoms. The van der Waals surface area contributed by atoms with Gasteiger partial charge in [0, 0.05) is 10.8 Å². The van der Waals surface area contributed by atoms with Crippen LogP contribution in [0.4, 0.5) is 0 Å². The van der Waals surface area contributed by atoms with Crippen molar-refractivity contribution in [2.75, 3.05) is 7.11 Å². The molecular formula is C13H14N2O3. The molecular weight excluding hydrogens is 232 g/mol. The highest BCUT2D eigenvalue weighted by Crippen LogP contribution is 2.25. The van der Waals surface area contributed by atoms with Crippen LogP contribution in [0.5, 0.6) is 0 Å². The highest BCUT2D eigenvalue weighted by Gasteiger charge is 2.17. The number of aromatic nitrogens is 2. The number of hydrogen-bond acceptors (Lipinski definition) is 5. The first-order valence-electron chi connectivity index (χ1n) is 5.54. The van der Waals surface area contributed by atoms with Gasteiger partial charge in [-0.15, -0.1) is 5.10 Å². The number of rotatable bonds is 2. The van der Waals surface area contributed by atoms with E-state index in [1.54, 1.807) is 0 Å². The minimum absolute atomic E-state index is 0.183. The standard InChI is InChI=1S/C13H14N2O3/c1-7-4-8(2)11-9(5-7)10(6-16)14-15-12(11)13(17)18-3/h4-5,16H,6H2,1-3H3. The molecule has 18 heavy (non-hydrogen) atoms. The van der Waals surface area contributed by atoms with Crippen LogP contribution in [0.25, 0.3) is 10.8 Å². The fourth-order valence-corrected chi connectivity index (χ4v) is 2.08. The van der Waals surface area contributed by atoms with E-state index in [9.17, 15) is 9.90 Å². The fourth-order valence-electron chi connectivity index (χ4n) is 2.08. The molecule has 0 radical (unpaired) electrons. The summed E-state index contributed by atoms with van der Waals surface area (Å²) in [5.74, 6) is -0.524. The lowest BCUT2D eigenvalue weighted by molar-refractivity contribution is 0.0595. The third kappa shape index (κ3) is 1.93. The minimum Gasteiger partial charge on any atom is -0.464 e. The number of methoxy groups -OCH3 is 1. The summed E-state index contributed by atoms with van der Waals surface area (Å²) in [7, 11) is 1.30. The molecule has 1 heterocycles. The van der Waals surface area contributed by atoms with Crippen molar-refractivity contribution in [1.82, 2.24) is 10.2 Å². The van der Waals surface area contributed by atoms with Crippen LogP contribution in [0, 0.1) is 13.8 Å². The number of aliphatic hydroxyl groups excluding tert-OH is 1. The van der Waals surface area contributed by atoms with Crippen LogP contribution in [0.3, 0.4) is 0 Å². The summed E-state index contributed by atoms with van der Waals surface area (Å²) in [6, 6.07) is 3.84. The van der Waals surface area contributed by atoms with Gasteiger partial charge in [0.15, 0.2) is 5.69 Å². The van der Waals surface area contributed by atoms with Gasteiger partial charge in [0.2, 0.25) is 0 Å². The SMILES string of the molecule is COC(=O)c1nnc(CO)c2cc(C)cc(C)c12. The first-order valence-corrected chi connectivity index (χ1v) is 5.54. The highest BCUT2D eigenvalue weighted by molar-refractivity contribution is 6.04. The maximum absolute atomic E-state index is 11.7. The van der Waals surface area contributed by atoms with Crippen LogP contribution in [-0.4, -0.2) is 28.4 Å². The zero-order valence-electron chi connectivity index (χ0n) is 10.5. The van der Waals surface area contributed by atoms with E-state index in [1.165, 1.54) is 7.11 Å². The van der Waals surface area contributed by atoms with Crippen molar-refractivity contribution >= 4 is 16.7 Å². The van der Waals surface area contributed by atoms with Crippen LogP contribution in [0.2, 0.25) is 0 Å². The van der Waals surface area contributed by atoms with Crippen molar-refractivity contribution in [3.63, 3.8) is 0 Å². The van der Waals surface area contributed by atoms with Crippen LogP contribution in [-0.2, 0) is 11.3 Å². The Morgan fingerprint density at radius 3 is 2.67 bits per heavy atom. The van der Waals surface area contributed by atoms with Gasteiger partial charge in [-0.05, 0) is 25.5 Å². The van der Waals surface area contributed by atoms with Gasteiger partial charge in [0.1, 0.15) is 0 Å². The number of hydrogen-bond donors (Lipinski definition) is 1. The molecule has 0 saturated heterocycles. The quantitative estimate of drug-likeness (QED) is 0.813. The highest BCUT2D eigenvalue weighted by atomic mass is 16.5. The lowest BCUT2D eigenvalue weighted by Gasteiger charge is -2.10. The largest absolute Gasteiger partial charge is 0.464 e. The van der Waals surface area contributed by atoms with Crippen LogP contribution < -0.4 is 0 Å². The van der Waals surface area contributed by atoms with E-state index < -0.39 is 5.97 Å². The number of esters is 1. The maximum Gasteiger partial charge on any atom is 0.359 e. The summed E-state index contributed by atoms with van der Waals surface area (Å²) < 4.78 is 4.70. The van der Waals surface area contributed by atoms with Crippen molar-refractivity contribution in [3.8, 4) is 0 Å². The molecule has 1 aromatic carbocycles. The van der Waals surface area contributed by atoms with Crippen LogP contribution in [0.1, 0.15) is 27.3 Å². The summed E-state index contributed by atoms with van der Waals surface area (Å²) in [5, 5.41) is 18.4. The summed E-state index contributed by atoms with van der Waals surface area (Å²) in [4.78, 5) is 11.7.